The standard InChI is InChI=1S/C16H24ClNO2/c1-12-8-14(16(20-3)9-15(12)17)10-18-6-4-13(5-7-18)11-19-2/h8-9,13H,4-7,10-11H2,1-3H3. The fourth-order valence-electron chi connectivity index (χ4n) is 2.82. The van der Waals surface area contributed by atoms with Crippen LogP contribution in [0.5, 0.6) is 5.75 Å². The molecule has 0 radical (unpaired) electrons. The van der Waals surface area contributed by atoms with E-state index in [1.165, 1.54) is 18.4 Å². The van der Waals surface area contributed by atoms with Gasteiger partial charge < -0.3 is 9.47 Å². The van der Waals surface area contributed by atoms with E-state index in [9.17, 15) is 0 Å². The summed E-state index contributed by atoms with van der Waals surface area (Å²) in [6.45, 7) is 6.10. The van der Waals surface area contributed by atoms with Crippen molar-refractivity contribution in [2.45, 2.75) is 26.3 Å². The topological polar surface area (TPSA) is 21.7 Å². The van der Waals surface area contributed by atoms with Crippen LogP contribution in [0.3, 0.4) is 0 Å². The summed E-state index contributed by atoms with van der Waals surface area (Å²) in [6, 6.07) is 4.06. The van der Waals surface area contributed by atoms with Crippen molar-refractivity contribution in [1.29, 1.82) is 0 Å². The number of rotatable bonds is 5. The minimum Gasteiger partial charge on any atom is -0.496 e. The van der Waals surface area contributed by atoms with E-state index in [-0.39, 0.29) is 0 Å². The van der Waals surface area contributed by atoms with Gasteiger partial charge in [-0.1, -0.05) is 11.6 Å². The summed E-state index contributed by atoms with van der Waals surface area (Å²) in [5.74, 6) is 1.60. The Morgan fingerprint density at radius 1 is 1.25 bits per heavy atom. The molecule has 0 spiro atoms. The summed E-state index contributed by atoms with van der Waals surface area (Å²) >= 11 is 6.15. The molecule has 1 aliphatic rings. The Morgan fingerprint density at radius 3 is 2.55 bits per heavy atom. The first-order chi connectivity index (χ1) is 9.63. The third-order valence-corrected chi connectivity index (χ3v) is 4.47. The van der Waals surface area contributed by atoms with Gasteiger partial charge in [0.25, 0.3) is 0 Å². The predicted octanol–water partition coefficient (Wildman–Crippen LogP) is 3.52. The van der Waals surface area contributed by atoms with Crippen molar-refractivity contribution in [3.8, 4) is 5.75 Å². The predicted molar refractivity (Wildman–Crippen MR) is 82.6 cm³/mol. The maximum atomic E-state index is 6.15. The molecule has 4 heteroatoms. The molecular formula is C16H24ClNO2. The molecule has 1 saturated heterocycles. The molecule has 0 atom stereocenters. The quantitative estimate of drug-likeness (QED) is 0.830. The van der Waals surface area contributed by atoms with E-state index in [0.29, 0.717) is 5.92 Å². The number of hydrogen-bond donors (Lipinski definition) is 0. The van der Waals surface area contributed by atoms with Gasteiger partial charge in [0.15, 0.2) is 0 Å². The van der Waals surface area contributed by atoms with Crippen molar-refractivity contribution < 1.29 is 9.47 Å². The molecule has 112 valence electrons. The molecule has 0 bridgehead atoms. The smallest absolute Gasteiger partial charge is 0.124 e. The Hall–Kier alpha value is -0.770. The van der Waals surface area contributed by atoms with Crippen molar-refractivity contribution in [1.82, 2.24) is 4.90 Å². The van der Waals surface area contributed by atoms with Gasteiger partial charge >= 0.3 is 0 Å². The molecule has 1 heterocycles. The van der Waals surface area contributed by atoms with Gasteiger partial charge in [-0.3, -0.25) is 4.90 Å². The lowest BCUT2D eigenvalue weighted by Crippen LogP contribution is -2.34. The minimum absolute atomic E-state index is 0.713. The first-order valence-electron chi connectivity index (χ1n) is 7.18. The van der Waals surface area contributed by atoms with Crippen LogP contribution in [-0.4, -0.2) is 38.8 Å². The summed E-state index contributed by atoms with van der Waals surface area (Å²) in [4.78, 5) is 2.48. The number of piperidine rings is 1. The SMILES string of the molecule is COCC1CCN(Cc2cc(C)c(Cl)cc2OC)CC1. The molecule has 0 N–H and O–H groups in total. The monoisotopic (exact) mass is 297 g/mol. The zero-order valence-corrected chi connectivity index (χ0v) is 13.4. The van der Waals surface area contributed by atoms with E-state index in [1.54, 1.807) is 14.2 Å². The third kappa shape index (κ3) is 3.87. The first kappa shape index (κ1) is 15.6. The molecule has 2 rings (SSSR count). The van der Waals surface area contributed by atoms with Crippen LogP contribution in [0.2, 0.25) is 5.02 Å². The number of hydrogen-bond acceptors (Lipinski definition) is 3. The van der Waals surface area contributed by atoms with E-state index in [2.05, 4.69) is 11.0 Å². The third-order valence-electron chi connectivity index (χ3n) is 4.07. The fraction of sp³-hybridized carbons (Fsp3) is 0.625. The highest BCUT2D eigenvalue weighted by Gasteiger charge is 2.20. The number of aryl methyl sites for hydroxylation is 1. The molecular weight excluding hydrogens is 274 g/mol. The van der Waals surface area contributed by atoms with E-state index in [1.807, 2.05) is 13.0 Å². The van der Waals surface area contributed by atoms with Crippen LogP contribution in [0.25, 0.3) is 0 Å². The second-order valence-electron chi connectivity index (χ2n) is 5.59. The Balaban J connectivity index is 1.99. The average Bonchev–Trinajstić information content (AvgIpc) is 2.45. The average molecular weight is 298 g/mol. The van der Waals surface area contributed by atoms with Gasteiger partial charge in [-0.2, -0.15) is 0 Å². The Labute approximate surface area is 126 Å². The summed E-state index contributed by atoms with van der Waals surface area (Å²) in [5, 5.41) is 0.768. The van der Waals surface area contributed by atoms with Crippen LogP contribution in [0, 0.1) is 12.8 Å². The van der Waals surface area contributed by atoms with Crippen molar-refractivity contribution in [2.24, 2.45) is 5.92 Å². The van der Waals surface area contributed by atoms with Crippen LogP contribution in [0.1, 0.15) is 24.0 Å². The number of likely N-dealkylation sites (tertiary alicyclic amines) is 1. The Kier molecular flexibility index (Phi) is 5.70. The summed E-state index contributed by atoms with van der Waals surface area (Å²) < 4.78 is 10.7. The van der Waals surface area contributed by atoms with Crippen LogP contribution in [0.15, 0.2) is 12.1 Å². The molecule has 0 aromatic heterocycles. The van der Waals surface area contributed by atoms with Gasteiger partial charge in [0, 0.05) is 30.8 Å². The van der Waals surface area contributed by atoms with Crippen LogP contribution in [-0.2, 0) is 11.3 Å². The number of ether oxygens (including phenoxy) is 2. The van der Waals surface area contributed by atoms with E-state index < -0.39 is 0 Å². The Morgan fingerprint density at radius 2 is 1.95 bits per heavy atom. The summed E-state index contributed by atoms with van der Waals surface area (Å²) in [5.41, 5.74) is 2.33. The van der Waals surface area contributed by atoms with Gasteiger partial charge in [0.05, 0.1) is 7.11 Å². The molecule has 1 aromatic carbocycles. The zero-order valence-electron chi connectivity index (χ0n) is 12.6. The lowest BCUT2D eigenvalue weighted by molar-refractivity contribution is 0.0965. The Bertz CT molecular complexity index is 442. The maximum absolute atomic E-state index is 6.15. The lowest BCUT2D eigenvalue weighted by atomic mass is 9.97. The maximum Gasteiger partial charge on any atom is 0.124 e. The molecule has 0 amide bonds. The van der Waals surface area contributed by atoms with Crippen molar-refractivity contribution in [2.75, 3.05) is 33.9 Å². The fourth-order valence-corrected chi connectivity index (χ4v) is 2.98. The second kappa shape index (κ2) is 7.30. The van der Waals surface area contributed by atoms with E-state index in [4.69, 9.17) is 21.1 Å². The number of nitrogens with zero attached hydrogens (tertiary/aromatic N) is 1. The molecule has 0 unspecified atom stereocenters. The number of halogens is 1. The molecule has 20 heavy (non-hydrogen) atoms. The van der Waals surface area contributed by atoms with Crippen molar-refractivity contribution in [3.63, 3.8) is 0 Å². The molecule has 0 aliphatic carbocycles. The van der Waals surface area contributed by atoms with E-state index >= 15 is 0 Å². The first-order valence-corrected chi connectivity index (χ1v) is 7.56. The van der Waals surface area contributed by atoms with Crippen LogP contribution < -0.4 is 4.74 Å². The summed E-state index contributed by atoms with van der Waals surface area (Å²) in [6.07, 6.45) is 2.42. The number of benzene rings is 1. The highest BCUT2D eigenvalue weighted by molar-refractivity contribution is 6.31. The van der Waals surface area contributed by atoms with E-state index in [0.717, 1.165) is 42.6 Å². The largest absolute Gasteiger partial charge is 0.496 e. The highest BCUT2D eigenvalue weighted by Crippen LogP contribution is 2.29. The highest BCUT2D eigenvalue weighted by atomic mass is 35.5. The lowest BCUT2D eigenvalue weighted by Gasteiger charge is -2.32. The minimum atomic E-state index is 0.713. The normalized spacial score (nSPS) is 17.4. The van der Waals surface area contributed by atoms with Crippen LogP contribution >= 0.6 is 11.6 Å². The molecule has 1 aromatic rings. The number of methoxy groups -OCH3 is 2. The molecule has 1 fully saturated rings. The van der Waals surface area contributed by atoms with Crippen molar-refractivity contribution >= 4 is 11.6 Å². The van der Waals surface area contributed by atoms with Gasteiger partial charge in [-0.05, 0) is 56.5 Å². The summed E-state index contributed by atoms with van der Waals surface area (Å²) in [7, 11) is 3.49. The van der Waals surface area contributed by atoms with Gasteiger partial charge in [0.2, 0.25) is 0 Å². The second-order valence-corrected chi connectivity index (χ2v) is 6.00. The van der Waals surface area contributed by atoms with Crippen molar-refractivity contribution in [3.05, 3.63) is 28.3 Å². The van der Waals surface area contributed by atoms with Gasteiger partial charge in [0.1, 0.15) is 5.75 Å². The molecule has 0 saturated carbocycles. The molecule has 1 aliphatic heterocycles. The van der Waals surface area contributed by atoms with Gasteiger partial charge in [-0.15, -0.1) is 0 Å². The molecule has 3 nitrogen and oxygen atoms in total. The van der Waals surface area contributed by atoms with Gasteiger partial charge in [-0.25, -0.2) is 0 Å². The van der Waals surface area contributed by atoms with Crippen LogP contribution in [0.4, 0.5) is 0 Å². The zero-order chi connectivity index (χ0) is 14.5.